The molecule has 0 aliphatic heterocycles. The first-order chi connectivity index (χ1) is 4.99. The first-order valence-electron chi connectivity index (χ1n) is 2.24. The molecule has 8 nitrogen and oxygen atoms in total. The molecule has 0 aliphatic carbocycles. The highest BCUT2D eigenvalue weighted by atomic mass is 35.7. The van der Waals surface area contributed by atoms with Crippen LogP contribution in [-0.4, -0.2) is 14.9 Å². The summed E-state index contributed by atoms with van der Waals surface area (Å²) in [5.74, 6) is 5.01. The Bertz CT molecular complexity index is 242. The Morgan fingerprint density at radius 3 is 2.55 bits per heavy atom. The van der Waals surface area contributed by atoms with E-state index < -0.39 is 16.3 Å². The number of halogens is 1. The molecule has 0 fully saturated rings. The van der Waals surface area contributed by atoms with E-state index in [1.54, 1.807) is 0 Å². The number of hydrogen-bond acceptors (Lipinski definition) is 7. The van der Waals surface area contributed by atoms with Gasteiger partial charge in [0.15, 0.2) is 0 Å². The fourth-order valence-electron chi connectivity index (χ4n) is 0.372. The zero-order chi connectivity index (χ0) is 8.48. The van der Waals surface area contributed by atoms with Crippen LogP contribution >= 0.6 is 0 Å². The van der Waals surface area contributed by atoms with Crippen LogP contribution in [0.4, 0.5) is 0 Å². The van der Waals surface area contributed by atoms with Crippen molar-refractivity contribution in [3.63, 3.8) is 0 Å². The highest BCUT2D eigenvalue weighted by molar-refractivity contribution is 4.88. The summed E-state index contributed by atoms with van der Waals surface area (Å²) in [6.45, 7) is 0. The Kier molecular flexibility index (Phi) is 1.83. The molecule has 0 aromatic carbocycles. The SMILES string of the molecule is Nn1cnnc1O[Cl+3]([O-])([O-])[O-]. The Labute approximate surface area is 62.5 Å². The van der Waals surface area contributed by atoms with Gasteiger partial charge < -0.3 is 5.84 Å². The molecule has 1 heterocycles. The van der Waals surface area contributed by atoms with Gasteiger partial charge in [-0.3, -0.25) is 0 Å². The molecule has 0 saturated heterocycles. The molecular weight excluding hydrogens is 179 g/mol. The molecule has 9 heteroatoms. The van der Waals surface area contributed by atoms with E-state index in [1.165, 1.54) is 0 Å². The Morgan fingerprint density at radius 2 is 2.18 bits per heavy atom. The van der Waals surface area contributed by atoms with E-state index in [2.05, 4.69) is 14.5 Å². The van der Waals surface area contributed by atoms with Gasteiger partial charge in [0, 0.05) is 0 Å². The number of nitrogens with zero attached hydrogens (tertiary/aromatic N) is 3. The molecule has 2 N–H and O–H groups in total. The van der Waals surface area contributed by atoms with Crippen LogP contribution in [-0.2, 0) is 0 Å². The summed E-state index contributed by atoms with van der Waals surface area (Å²) < 4.78 is 34.1. The van der Waals surface area contributed by atoms with Gasteiger partial charge in [-0.15, -0.1) is 5.10 Å². The molecule has 0 amide bonds. The fraction of sp³-hybridized carbons (Fsp3) is 0. The average Bonchev–Trinajstić information content (AvgIpc) is 2.12. The normalized spacial score (nSPS) is 11.5. The summed E-state index contributed by atoms with van der Waals surface area (Å²) in [6, 6.07) is -0.582. The molecule has 0 saturated carbocycles. The van der Waals surface area contributed by atoms with Gasteiger partial charge >= 0.3 is 6.01 Å². The third-order valence-electron chi connectivity index (χ3n) is 0.704. The maximum atomic E-state index is 9.91. The predicted molar refractivity (Wildman–Crippen MR) is 20.8 cm³/mol. The van der Waals surface area contributed by atoms with Crippen molar-refractivity contribution in [1.29, 1.82) is 0 Å². The number of nitrogens with two attached hydrogens (primary N) is 1. The van der Waals surface area contributed by atoms with E-state index in [4.69, 9.17) is 5.84 Å². The topological polar surface area (TPSA) is 135 Å². The molecule has 1 rings (SSSR count). The summed E-state index contributed by atoms with van der Waals surface area (Å²) in [5, 5.41) is 6.24. The van der Waals surface area contributed by atoms with Gasteiger partial charge in [0.2, 0.25) is 0 Å². The van der Waals surface area contributed by atoms with Crippen molar-refractivity contribution in [3.05, 3.63) is 6.33 Å². The number of hydrogen-bond donors (Lipinski definition) is 1. The van der Waals surface area contributed by atoms with Gasteiger partial charge in [0.25, 0.3) is 0 Å². The summed E-state index contributed by atoms with van der Waals surface area (Å²) >= 11 is 0. The zero-order valence-electron chi connectivity index (χ0n) is 5.01. The molecule has 62 valence electrons. The van der Waals surface area contributed by atoms with Crippen molar-refractivity contribution in [2.75, 3.05) is 5.84 Å². The van der Waals surface area contributed by atoms with Crippen LogP contribution in [0.1, 0.15) is 0 Å². The van der Waals surface area contributed by atoms with Crippen LogP contribution in [0.15, 0.2) is 6.33 Å². The van der Waals surface area contributed by atoms with Crippen LogP contribution in [0.5, 0.6) is 6.01 Å². The average molecular weight is 183 g/mol. The third kappa shape index (κ3) is 2.20. The molecule has 0 atom stereocenters. The third-order valence-corrected chi connectivity index (χ3v) is 1.03. The van der Waals surface area contributed by atoms with E-state index in [-0.39, 0.29) is 0 Å². The molecule has 0 aliphatic rings. The smallest absolute Gasteiger partial charge is 0.333 e. The number of nitrogen functional groups attached to an aromatic ring is 1. The van der Waals surface area contributed by atoms with E-state index >= 15 is 0 Å². The van der Waals surface area contributed by atoms with E-state index in [0.29, 0.717) is 4.68 Å². The van der Waals surface area contributed by atoms with Crippen LogP contribution < -0.4 is 24.1 Å². The second kappa shape index (κ2) is 2.51. The van der Waals surface area contributed by atoms with Gasteiger partial charge in [-0.1, -0.05) is 5.10 Å². The van der Waals surface area contributed by atoms with E-state index in [9.17, 15) is 14.0 Å². The number of rotatable bonds is 2. The second-order valence-corrected chi connectivity index (χ2v) is 2.39. The first-order valence-corrected chi connectivity index (χ1v) is 3.48. The van der Waals surface area contributed by atoms with E-state index in [1.807, 2.05) is 0 Å². The predicted octanol–water partition coefficient (Wildman–Crippen LogP) is -4.73. The molecule has 1 aromatic rings. The van der Waals surface area contributed by atoms with Crippen molar-refractivity contribution in [3.8, 4) is 6.01 Å². The fourth-order valence-corrected chi connectivity index (χ4v) is 0.651. The molecule has 0 radical (unpaired) electrons. The van der Waals surface area contributed by atoms with Crippen LogP contribution in [0.3, 0.4) is 0 Å². The van der Waals surface area contributed by atoms with Crippen molar-refractivity contribution in [2.24, 2.45) is 0 Å². The molecule has 0 spiro atoms. The van der Waals surface area contributed by atoms with Gasteiger partial charge in [0.1, 0.15) is 16.6 Å². The van der Waals surface area contributed by atoms with Gasteiger partial charge in [-0.25, -0.2) is 0 Å². The lowest BCUT2D eigenvalue weighted by molar-refractivity contribution is -1.91. The van der Waals surface area contributed by atoms with Crippen molar-refractivity contribution in [2.45, 2.75) is 0 Å². The van der Waals surface area contributed by atoms with Gasteiger partial charge in [-0.2, -0.15) is 18.7 Å². The standard InChI is InChI=1S/C2H3ClN4O4/c4-7-1-5-6-2(7)11-3(8,9)10/h1H,4H2. The highest BCUT2D eigenvalue weighted by Crippen LogP contribution is 2.02. The molecule has 11 heavy (non-hydrogen) atoms. The second-order valence-electron chi connectivity index (χ2n) is 1.48. The van der Waals surface area contributed by atoms with Crippen LogP contribution in [0.2, 0.25) is 0 Å². The molecule has 0 bridgehead atoms. The van der Waals surface area contributed by atoms with Gasteiger partial charge in [-0.05, 0) is 4.29 Å². The summed E-state index contributed by atoms with van der Waals surface area (Å²) in [4.78, 5) is 0. The van der Waals surface area contributed by atoms with Crippen molar-refractivity contribution >= 4 is 0 Å². The first kappa shape index (κ1) is 8.01. The highest BCUT2D eigenvalue weighted by Gasteiger charge is 2.24. The van der Waals surface area contributed by atoms with Crippen molar-refractivity contribution in [1.82, 2.24) is 14.9 Å². The lowest BCUT2D eigenvalue weighted by Gasteiger charge is -2.09. The zero-order valence-corrected chi connectivity index (χ0v) is 5.76. The molecule has 0 unspecified atom stereocenters. The van der Waals surface area contributed by atoms with Crippen LogP contribution in [0.25, 0.3) is 0 Å². The summed E-state index contributed by atoms with van der Waals surface area (Å²) in [6.07, 6.45) is 0.982. The largest absolute Gasteiger partial charge is 0.498 e. The van der Waals surface area contributed by atoms with E-state index in [0.717, 1.165) is 6.33 Å². The molecule has 1 aromatic heterocycles. The Balaban J connectivity index is 2.72. The maximum Gasteiger partial charge on any atom is 0.498 e. The van der Waals surface area contributed by atoms with Crippen molar-refractivity contribution < 1.29 is 28.5 Å². The Hall–Kier alpha value is -1.09. The number of aromatic nitrogens is 3. The summed E-state index contributed by atoms with van der Waals surface area (Å²) in [5.41, 5.74) is 0. The Morgan fingerprint density at radius 1 is 1.55 bits per heavy atom. The molecular formula is C2H3ClN4O4. The van der Waals surface area contributed by atoms with Crippen LogP contribution in [0, 0.1) is 10.2 Å². The lowest BCUT2D eigenvalue weighted by Crippen LogP contribution is -2.63. The minimum Gasteiger partial charge on any atom is -0.333 e. The maximum absolute atomic E-state index is 9.91. The monoisotopic (exact) mass is 182 g/mol. The quantitative estimate of drug-likeness (QED) is 0.454. The summed E-state index contributed by atoms with van der Waals surface area (Å²) in [7, 11) is -4.56. The minimum absolute atomic E-state index is 0.582. The minimum atomic E-state index is -4.56. The van der Waals surface area contributed by atoms with Gasteiger partial charge in [0.05, 0.1) is 0 Å². The lowest BCUT2D eigenvalue weighted by atomic mass is 11.2.